The number of halogens is 2. The van der Waals surface area contributed by atoms with Crippen LogP contribution >= 0.6 is 11.6 Å². The van der Waals surface area contributed by atoms with E-state index >= 15 is 0 Å². The summed E-state index contributed by atoms with van der Waals surface area (Å²) in [6, 6.07) is 20.0. The lowest BCUT2D eigenvalue weighted by Gasteiger charge is -2.35. The lowest BCUT2D eigenvalue weighted by molar-refractivity contribution is 0.0628. The number of hydrogen-bond donors (Lipinski definition) is 0. The number of fused-ring (bicyclic) bond motifs is 1. The molecule has 0 spiro atoms. The third-order valence-electron chi connectivity index (χ3n) is 6.02. The number of carbonyl (C=O) groups is 1. The van der Waals surface area contributed by atoms with Crippen molar-refractivity contribution < 1.29 is 9.18 Å². The Morgan fingerprint density at radius 2 is 1.70 bits per heavy atom. The van der Waals surface area contributed by atoms with E-state index in [0.717, 1.165) is 35.2 Å². The Labute approximate surface area is 196 Å². The van der Waals surface area contributed by atoms with E-state index in [1.54, 1.807) is 6.07 Å². The number of hydrogen-bond acceptors (Lipinski definition) is 4. The summed E-state index contributed by atoms with van der Waals surface area (Å²) < 4.78 is 15.1. The SMILES string of the molecule is O=C(c1ccc(Cn2nnc3ccccc32)cc1)N1CCN(Cc2ccc(F)cc2Cl)CC1. The number of benzene rings is 3. The number of para-hydroxylation sites is 1. The summed E-state index contributed by atoms with van der Waals surface area (Å²) >= 11 is 6.15. The molecule has 168 valence electrons. The van der Waals surface area contributed by atoms with E-state index < -0.39 is 0 Å². The number of rotatable bonds is 5. The van der Waals surface area contributed by atoms with Crippen molar-refractivity contribution in [2.24, 2.45) is 0 Å². The van der Waals surface area contributed by atoms with Crippen LogP contribution in [0.15, 0.2) is 66.7 Å². The first kappa shape index (κ1) is 21.6. The fraction of sp³-hybridized carbons (Fsp3) is 0.240. The molecule has 4 aromatic rings. The second-order valence-corrected chi connectivity index (χ2v) is 8.64. The molecule has 0 unspecified atom stereocenters. The summed E-state index contributed by atoms with van der Waals surface area (Å²) in [5.74, 6) is -0.299. The van der Waals surface area contributed by atoms with Crippen molar-refractivity contribution in [1.29, 1.82) is 0 Å². The van der Waals surface area contributed by atoms with E-state index in [4.69, 9.17) is 11.6 Å². The Bertz CT molecular complexity index is 1280. The first-order chi connectivity index (χ1) is 16.1. The van der Waals surface area contributed by atoms with Gasteiger partial charge >= 0.3 is 0 Å². The molecular formula is C25H23ClFN5O. The third-order valence-corrected chi connectivity index (χ3v) is 6.37. The summed E-state index contributed by atoms with van der Waals surface area (Å²) in [5, 5.41) is 8.85. The van der Waals surface area contributed by atoms with Gasteiger partial charge in [-0.3, -0.25) is 9.69 Å². The molecule has 1 amide bonds. The van der Waals surface area contributed by atoms with Gasteiger partial charge in [0.1, 0.15) is 11.3 Å². The van der Waals surface area contributed by atoms with Gasteiger partial charge in [-0.25, -0.2) is 9.07 Å². The maximum atomic E-state index is 13.3. The average molecular weight is 464 g/mol. The lowest BCUT2D eigenvalue weighted by Crippen LogP contribution is -2.48. The number of nitrogens with zero attached hydrogens (tertiary/aromatic N) is 5. The zero-order valence-electron chi connectivity index (χ0n) is 18.0. The summed E-state index contributed by atoms with van der Waals surface area (Å²) in [7, 11) is 0. The van der Waals surface area contributed by atoms with Crippen molar-refractivity contribution in [1.82, 2.24) is 24.8 Å². The predicted octanol–water partition coefficient (Wildman–Crippen LogP) is 4.23. The van der Waals surface area contributed by atoms with E-state index in [1.165, 1.54) is 12.1 Å². The fourth-order valence-corrected chi connectivity index (χ4v) is 4.37. The van der Waals surface area contributed by atoms with Crippen molar-refractivity contribution in [2.75, 3.05) is 26.2 Å². The summed E-state index contributed by atoms with van der Waals surface area (Å²) in [6.45, 7) is 4.02. The molecule has 0 aliphatic carbocycles. The molecule has 1 fully saturated rings. The second-order valence-electron chi connectivity index (χ2n) is 8.24. The van der Waals surface area contributed by atoms with E-state index in [-0.39, 0.29) is 11.7 Å². The van der Waals surface area contributed by atoms with Crippen LogP contribution < -0.4 is 0 Å². The Balaban J connectivity index is 1.18. The van der Waals surface area contributed by atoms with E-state index in [1.807, 2.05) is 58.1 Å². The van der Waals surface area contributed by atoms with Crippen molar-refractivity contribution in [3.05, 3.63) is 94.3 Å². The summed E-state index contributed by atoms with van der Waals surface area (Å²) in [6.07, 6.45) is 0. The summed E-state index contributed by atoms with van der Waals surface area (Å²) in [4.78, 5) is 17.1. The fourth-order valence-electron chi connectivity index (χ4n) is 4.14. The van der Waals surface area contributed by atoms with Crippen molar-refractivity contribution >= 4 is 28.5 Å². The molecule has 3 aromatic carbocycles. The van der Waals surface area contributed by atoms with Gasteiger partial charge in [-0.05, 0) is 47.5 Å². The maximum absolute atomic E-state index is 13.3. The minimum absolute atomic E-state index is 0.0345. The molecule has 0 atom stereocenters. The Morgan fingerprint density at radius 1 is 0.939 bits per heavy atom. The maximum Gasteiger partial charge on any atom is 0.253 e. The molecule has 6 nitrogen and oxygen atoms in total. The number of amides is 1. The molecule has 33 heavy (non-hydrogen) atoms. The van der Waals surface area contributed by atoms with Crippen molar-refractivity contribution in [3.63, 3.8) is 0 Å². The van der Waals surface area contributed by atoms with Crippen LogP contribution in [0.3, 0.4) is 0 Å². The van der Waals surface area contributed by atoms with Crippen molar-refractivity contribution in [3.8, 4) is 0 Å². The molecule has 1 aliphatic heterocycles. The molecule has 0 N–H and O–H groups in total. The van der Waals surface area contributed by atoms with Crippen LogP contribution in [-0.2, 0) is 13.1 Å². The molecule has 1 aliphatic rings. The predicted molar refractivity (Wildman–Crippen MR) is 126 cm³/mol. The first-order valence-corrected chi connectivity index (χ1v) is 11.3. The first-order valence-electron chi connectivity index (χ1n) is 10.9. The zero-order valence-corrected chi connectivity index (χ0v) is 18.7. The van der Waals surface area contributed by atoms with Crippen molar-refractivity contribution in [2.45, 2.75) is 13.1 Å². The van der Waals surface area contributed by atoms with Gasteiger partial charge in [-0.1, -0.05) is 47.1 Å². The Kier molecular flexibility index (Phi) is 6.07. The monoisotopic (exact) mass is 463 g/mol. The van der Waals surface area contributed by atoms with Crippen LogP contribution in [0.25, 0.3) is 11.0 Å². The van der Waals surface area contributed by atoms with Gasteiger partial charge in [-0.15, -0.1) is 5.10 Å². The van der Waals surface area contributed by atoms with E-state index in [0.29, 0.717) is 36.8 Å². The summed E-state index contributed by atoms with van der Waals surface area (Å²) in [5.41, 5.74) is 4.48. The Morgan fingerprint density at radius 3 is 2.45 bits per heavy atom. The van der Waals surface area contributed by atoms with Crippen LogP contribution in [-0.4, -0.2) is 56.9 Å². The van der Waals surface area contributed by atoms with Crippen LogP contribution in [0.1, 0.15) is 21.5 Å². The lowest BCUT2D eigenvalue weighted by atomic mass is 10.1. The quantitative estimate of drug-likeness (QED) is 0.444. The molecule has 0 radical (unpaired) electrons. The smallest absolute Gasteiger partial charge is 0.253 e. The van der Waals surface area contributed by atoms with Gasteiger partial charge in [0.25, 0.3) is 5.91 Å². The highest BCUT2D eigenvalue weighted by atomic mass is 35.5. The molecule has 8 heteroatoms. The van der Waals surface area contributed by atoms with Crippen LogP contribution in [0.4, 0.5) is 4.39 Å². The van der Waals surface area contributed by atoms with Gasteiger partial charge in [0, 0.05) is 43.3 Å². The molecule has 0 bridgehead atoms. The minimum atomic E-state index is -0.333. The van der Waals surface area contributed by atoms with Gasteiger partial charge in [0.2, 0.25) is 0 Å². The van der Waals surface area contributed by atoms with Gasteiger partial charge < -0.3 is 4.90 Å². The highest BCUT2D eigenvalue weighted by Gasteiger charge is 2.22. The highest BCUT2D eigenvalue weighted by Crippen LogP contribution is 2.20. The Hall–Kier alpha value is -3.29. The standard InChI is InChI=1S/C25H23ClFN5O/c26-22-15-21(27)10-9-20(22)17-30-11-13-31(14-12-30)25(33)19-7-5-18(6-8-19)16-32-24-4-2-1-3-23(24)28-29-32/h1-10,15H,11-14,16-17H2. The zero-order chi connectivity index (χ0) is 22.8. The normalized spacial score (nSPS) is 14.7. The molecule has 2 heterocycles. The largest absolute Gasteiger partial charge is 0.336 e. The van der Waals surface area contributed by atoms with E-state index in [9.17, 15) is 9.18 Å². The topological polar surface area (TPSA) is 54.3 Å². The molecular weight excluding hydrogens is 441 g/mol. The third kappa shape index (κ3) is 4.74. The molecule has 1 aromatic heterocycles. The second kappa shape index (κ2) is 9.29. The highest BCUT2D eigenvalue weighted by molar-refractivity contribution is 6.31. The molecule has 0 saturated carbocycles. The average Bonchev–Trinajstić information content (AvgIpc) is 3.24. The number of aromatic nitrogens is 3. The minimum Gasteiger partial charge on any atom is -0.336 e. The van der Waals surface area contributed by atoms with Crippen LogP contribution in [0, 0.1) is 5.82 Å². The van der Waals surface area contributed by atoms with Crippen LogP contribution in [0.2, 0.25) is 5.02 Å². The van der Waals surface area contributed by atoms with Gasteiger partial charge in [0.15, 0.2) is 0 Å². The van der Waals surface area contributed by atoms with E-state index in [2.05, 4.69) is 15.2 Å². The van der Waals surface area contributed by atoms with Gasteiger partial charge in [-0.2, -0.15) is 0 Å². The number of carbonyl (C=O) groups excluding carboxylic acids is 1. The molecule has 5 rings (SSSR count). The number of piperazine rings is 1. The van der Waals surface area contributed by atoms with Crippen LogP contribution in [0.5, 0.6) is 0 Å². The molecule has 1 saturated heterocycles. The van der Waals surface area contributed by atoms with Gasteiger partial charge in [0.05, 0.1) is 12.1 Å².